The van der Waals surface area contributed by atoms with Crippen LogP contribution in [0.15, 0.2) is 104 Å². The molecule has 0 saturated carbocycles. The van der Waals surface area contributed by atoms with Gasteiger partial charge in [-0.1, -0.05) is 108 Å². The van der Waals surface area contributed by atoms with Gasteiger partial charge in [-0.05, 0) is 22.3 Å². The van der Waals surface area contributed by atoms with Gasteiger partial charge in [0.1, 0.15) is 5.54 Å². The summed E-state index contributed by atoms with van der Waals surface area (Å²) in [5.41, 5.74) is 4.60. The van der Waals surface area contributed by atoms with Crippen molar-refractivity contribution in [1.82, 2.24) is 9.55 Å². The lowest BCUT2D eigenvalue weighted by atomic mass is 9.75. The Kier molecular flexibility index (Phi) is 4.89. The van der Waals surface area contributed by atoms with Gasteiger partial charge in [-0.15, -0.1) is 0 Å². The fourth-order valence-corrected chi connectivity index (χ4v) is 4.39. The molecule has 0 aliphatic rings. The number of nitrogens with zero attached hydrogens (tertiary/aromatic N) is 2. The molecule has 4 rings (SSSR count). The molecule has 0 bridgehead atoms. The van der Waals surface area contributed by atoms with Crippen LogP contribution in [0.5, 0.6) is 0 Å². The molecule has 3 heteroatoms. The summed E-state index contributed by atoms with van der Waals surface area (Å²) in [5.74, 6) is 0. The van der Waals surface area contributed by atoms with Crippen LogP contribution >= 0.6 is 22.6 Å². The maximum Gasteiger partial charge on any atom is 0.121 e. The summed E-state index contributed by atoms with van der Waals surface area (Å²) in [4.78, 5) is 4.38. The van der Waals surface area contributed by atoms with Crippen LogP contribution in [0.1, 0.15) is 22.3 Å². The van der Waals surface area contributed by atoms with E-state index in [0.29, 0.717) is 0 Å². The molecule has 0 aliphatic heterocycles. The van der Waals surface area contributed by atoms with Crippen molar-refractivity contribution in [2.24, 2.45) is 0 Å². The molecule has 0 aliphatic carbocycles. The van der Waals surface area contributed by atoms with Crippen molar-refractivity contribution in [1.29, 1.82) is 0 Å². The minimum absolute atomic E-state index is 0.458. The highest BCUT2D eigenvalue weighted by molar-refractivity contribution is 14.1. The number of hydrogen-bond acceptors (Lipinski definition) is 1. The van der Waals surface area contributed by atoms with Gasteiger partial charge >= 0.3 is 0 Å². The smallest absolute Gasteiger partial charge is 0.121 e. The number of aromatic nitrogens is 2. The van der Waals surface area contributed by atoms with Gasteiger partial charge in [-0.25, -0.2) is 4.98 Å². The molecule has 0 fully saturated rings. The van der Waals surface area contributed by atoms with Crippen LogP contribution in [0.4, 0.5) is 0 Å². The zero-order valence-corrected chi connectivity index (χ0v) is 16.5. The molecule has 0 radical (unpaired) electrons. The Morgan fingerprint density at radius 3 is 1.88 bits per heavy atom. The zero-order valence-electron chi connectivity index (χ0n) is 14.3. The van der Waals surface area contributed by atoms with Gasteiger partial charge in [0.15, 0.2) is 0 Å². The summed E-state index contributed by atoms with van der Waals surface area (Å²) in [6.45, 7) is 0. The minimum atomic E-state index is -0.458. The monoisotopic (exact) mass is 450 g/mol. The molecule has 1 heterocycles. The van der Waals surface area contributed by atoms with Crippen LogP contribution in [-0.4, -0.2) is 9.55 Å². The molecular weight excluding hydrogens is 431 g/mol. The third-order valence-corrected chi connectivity index (χ3v) is 5.65. The Bertz CT molecular complexity index is 924. The van der Waals surface area contributed by atoms with Gasteiger partial charge in [0.2, 0.25) is 0 Å². The van der Waals surface area contributed by atoms with E-state index in [1.807, 2.05) is 12.5 Å². The number of hydrogen-bond donors (Lipinski definition) is 0. The van der Waals surface area contributed by atoms with Crippen molar-refractivity contribution in [3.63, 3.8) is 0 Å². The Labute approximate surface area is 167 Å². The van der Waals surface area contributed by atoms with Crippen molar-refractivity contribution in [3.8, 4) is 0 Å². The average molecular weight is 450 g/mol. The molecule has 0 saturated heterocycles. The van der Waals surface area contributed by atoms with E-state index in [-0.39, 0.29) is 0 Å². The summed E-state index contributed by atoms with van der Waals surface area (Å²) < 4.78 is 3.17. The second kappa shape index (κ2) is 7.46. The quantitative estimate of drug-likeness (QED) is 0.218. The standard InChI is InChI=1S/C23H19IN2/c24-17-19-9-7-8-14-22(19)23(26-16-15-25-18-26,20-10-3-1-4-11-20)21-12-5-2-6-13-21/h1-16,18H,17H2. The molecule has 26 heavy (non-hydrogen) atoms. The van der Waals surface area contributed by atoms with Gasteiger partial charge < -0.3 is 4.57 Å². The summed E-state index contributed by atoms with van der Waals surface area (Å²) in [6, 6.07) is 30.1. The average Bonchev–Trinajstić information content (AvgIpc) is 3.26. The van der Waals surface area contributed by atoms with Crippen molar-refractivity contribution in [2.45, 2.75) is 9.97 Å². The van der Waals surface area contributed by atoms with Gasteiger partial charge in [-0.2, -0.15) is 0 Å². The number of imidazole rings is 1. The molecule has 0 amide bonds. The lowest BCUT2D eigenvalue weighted by Gasteiger charge is -2.38. The van der Waals surface area contributed by atoms with Crippen molar-refractivity contribution >= 4 is 22.6 Å². The largest absolute Gasteiger partial charge is 0.319 e. The maximum absolute atomic E-state index is 4.38. The highest BCUT2D eigenvalue weighted by Gasteiger charge is 2.39. The maximum atomic E-state index is 4.38. The number of rotatable bonds is 5. The molecular formula is C23H19IN2. The summed E-state index contributed by atoms with van der Waals surface area (Å²) in [7, 11) is 0. The zero-order chi connectivity index (χ0) is 17.8. The van der Waals surface area contributed by atoms with E-state index in [1.165, 1.54) is 22.3 Å². The second-order valence-electron chi connectivity index (χ2n) is 6.20. The first-order valence-electron chi connectivity index (χ1n) is 8.61. The Hall–Kier alpha value is -2.40. The fourth-order valence-electron chi connectivity index (χ4n) is 3.72. The SMILES string of the molecule is ICc1ccccc1C(c1ccccc1)(c1ccccc1)n1ccnc1. The molecule has 0 unspecified atom stereocenters. The lowest BCUT2D eigenvalue weighted by Crippen LogP contribution is -2.37. The highest BCUT2D eigenvalue weighted by atomic mass is 127. The van der Waals surface area contributed by atoms with E-state index >= 15 is 0 Å². The number of benzene rings is 3. The van der Waals surface area contributed by atoms with E-state index in [0.717, 1.165) is 4.43 Å². The first-order valence-corrected chi connectivity index (χ1v) is 10.1. The van der Waals surface area contributed by atoms with Crippen molar-refractivity contribution in [2.75, 3.05) is 0 Å². The highest BCUT2D eigenvalue weighted by Crippen LogP contribution is 2.42. The first-order chi connectivity index (χ1) is 12.9. The van der Waals surface area contributed by atoms with E-state index in [1.54, 1.807) is 0 Å². The summed E-state index contributed by atoms with van der Waals surface area (Å²) in [5, 5.41) is 0. The van der Waals surface area contributed by atoms with Crippen molar-refractivity contribution in [3.05, 3.63) is 126 Å². The molecule has 3 aromatic carbocycles. The van der Waals surface area contributed by atoms with Crippen LogP contribution in [0.3, 0.4) is 0 Å². The van der Waals surface area contributed by atoms with E-state index in [9.17, 15) is 0 Å². The number of halogens is 1. The second-order valence-corrected chi connectivity index (χ2v) is 6.97. The van der Waals surface area contributed by atoms with Crippen LogP contribution in [0.2, 0.25) is 0 Å². The van der Waals surface area contributed by atoms with Gasteiger partial charge in [0, 0.05) is 16.8 Å². The molecule has 0 spiro atoms. The van der Waals surface area contributed by atoms with Gasteiger partial charge in [0.25, 0.3) is 0 Å². The predicted molar refractivity (Wildman–Crippen MR) is 115 cm³/mol. The van der Waals surface area contributed by atoms with Gasteiger partial charge in [0.05, 0.1) is 6.33 Å². The Balaban J connectivity index is 2.15. The van der Waals surface area contributed by atoms with E-state index in [4.69, 9.17) is 0 Å². The van der Waals surface area contributed by atoms with Crippen molar-refractivity contribution < 1.29 is 0 Å². The summed E-state index contributed by atoms with van der Waals surface area (Å²) in [6.07, 6.45) is 5.83. The normalized spacial score (nSPS) is 11.4. The molecule has 0 N–H and O–H groups in total. The van der Waals surface area contributed by atoms with Crippen LogP contribution < -0.4 is 0 Å². The topological polar surface area (TPSA) is 17.8 Å². The van der Waals surface area contributed by atoms with Gasteiger partial charge in [-0.3, -0.25) is 0 Å². The molecule has 2 nitrogen and oxygen atoms in total. The molecule has 4 aromatic rings. The minimum Gasteiger partial charge on any atom is -0.319 e. The molecule has 1 aromatic heterocycles. The third kappa shape index (κ3) is 2.76. The number of alkyl halides is 1. The third-order valence-electron chi connectivity index (χ3n) is 4.83. The summed E-state index contributed by atoms with van der Waals surface area (Å²) >= 11 is 2.45. The predicted octanol–water partition coefficient (Wildman–Crippen LogP) is 5.66. The lowest BCUT2D eigenvalue weighted by molar-refractivity contribution is 0.512. The van der Waals surface area contributed by atoms with E-state index < -0.39 is 5.54 Å². The molecule has 0 atom stereocenters. The fraction of sp³-hybridized carbons (Fsp3) is 0.0870. The van der Waals surface area contributed by atoms with Crippen LogP contribution in [0.25, 0.3) is 0 Å². The Morgan fingerprint density at radius 2 is 1.35 bits per heavy atom. The van der Waals surface area contributed by atoms with E-state index in [2.05, 4.69) is 123 Å². The van der Waals surface area contributed by atoms with Crippen LogP contribution in [0, 0.1) is 0 Å². The molecule has 128 valence electrons. The Morgan fingerprint density at radius 1 is 0.769 bits per heavy atom. The van der Waals surface area contributed by atoms with Crippen LogP contribution in [-0.2, 0) is 9.97 Å². The first kappa shape index (κ1) is 17.0.